The second-order valence-electron chi connectivity index (χ2n) is 4.79. The Balaban J connectivity index is 2.22. The van der Waals surface area contributed by atoms with Gasteiger partial charge in [-0.3, -0.25) is 4.79 Å². The third-order valence-corrected chi connectivity index (χ3v) is 3.50. The Hall–Kier alpha value is -1.77. The number of aryl methyl sites for hydroxylation is 1. The van der Waals surface area contributed by atoms with Crippen LogP contribution in [0.2, 0.25) is 0 Å². The summed E-state index contributed by atoms with van der Waals surface area (Å²) in [6.07, 6.45) is 3.91. The van der Waals surface area contributed by atoms with E-state index in [0.29, 0.717) is 6.61 Å². The fourth-order valence-electron chi connectivity index (χ4n) is 2.63. The van der Waals surface area contributed by atoms with Crippen molar-refractivity contribution < 1.29 is 4.74 Å². The zero-order chi connectivity index (χ0) is 12.5. The first kappa shape index (κ1) is 11.3. The van der Waals surface area contributed by atoms with Crippen molar-refractivity contribution in [1.82, 2.24) is 4.98 Å². The van der Waals surface area contributed by atoms with E-state index in [0.717, 1.165) is 53.6 Å². The second kappa shape index (κ2) is 4.48. The third kappa shape index (κ3) is 1.70. The van der Waals surface area contributed by atoms with Gasteiger partial charge in [-0.25, -0.2) is 0 Å². The number of rotatable bonds is 3. The average Bonchev–Trinajstić information content (AvgIpc) is 2.85. The predicted molar refractivity (Wildman–Crippen MR) is 72.4 cm³/mol. The van der Waals surface area contributed by atoms with Crippen molar-refractivity contribution in [3.63, 3.8) is 0 Å². The fourth-order valence-corrected chi connectivity index (χ4v) is 2.63. The van der Waals surface area contributed by atoms with Crippen molar-refractivity contribution >= 4 is 10.9 Å². The summed E-state index contributed by atoms with van der Waals surface area (Å²) < 4.78 is 5.71. The molecule has 3 nitrogen and oxygen atoms in total. The van der Waals surface area contributed by atoms with E-state index in [2.05, 4.69) is 11.9 Å². The Bertz CT molecular complexity index is 643. The van der Waals surface area contributed by atoms with E-state index in [1.54, 1.807) is 0 Å². The van der Waals surface area contributed by atoms with E-state index in [4.69, 9.17) is 4.74 Å². The van der Waals surface area contributed by atoms with Crippen LogP contribution in [0.4, 0.5) is 0 Å². The Labute approximate surface area is 106 Å². The lowest BCUT2D eigenvalue weighted by atomic mass is 10.1. The highest BCUT2D eigenvalue weighted by atomic mass is 16.5. The maximum atomic E-state index is 12.4. The second-order valence-corrected chi connectivity index (χ2v) is 4.79. The molecule has 18 heavy (non-hydrogen) atoms. The highest BCUT2D eigenvalue weighted by Gasteiger charge is 2.18. The summed E-state index contributed by atoms with van der Waals surface area (Å²) in [6.45, 7) is 2.75. The number of H-pyrrole nitrogens is 1. The van der Waals surface area contributed by atoms with Gasteiger partial charge >= 0.3 is 0 Å². The Morgan fingerprint density at radius 1 is 1.33 bits per heavy atom. The van der Waals surface area contributed by atoms with Crippen LogP contribution < -0.4 is 10.2 Å². The molecule has 0 unspecified atom stereocenters. The zero-order valence-corrected chi connectivity index (χ0v) is 10.6. The number of hydrogen-bond acceptors (Lipinski definition) is 2. The molecule has 1 aromatic heterocycles. The molecule has 0 atom stereocenters. The lowest BCUT2D eigenvalue weighted by Crippen LogP contribution is -2.11. The number of hydrogen-bond donors (Lipinski definition) is 1. The van der Waals surface area contributed by atoms with Crippen LogP contribution in [-0.4, -0.2) is 11.6 Å². The van der Waals surface area contributed by atoms with Gasteiger partial charge in [0.25, 0.3) is 0 Å². The van der Waals surface area contributed by atoms with Crippen LogP contribution in [0.5, 0.6) is 5.75 Å². The molecule has 1 heterocycles. The van der Waals surface area contributed by atoms with Crippen LogP contribution in [0.15, 0.2) is 23.0 Å². The van der Waals surface area contributed by atoms with Crippen LogP contribution >= 0.6 is 0 Å². The standard InChI is InChI=1S/C15H17NO2/c1-2-9-18-13-8-4-6-11-14(13)16-12-7-3-5-10(12)15(11)17/h4,6,8H,2-3,5,7,9H2,1H3,(H,16,17). The van der Waals surface area contributed by atoms with Gasteiger partial charge in [0, 0.05) is 16.6 Å². The largest absolute Gasteiger partial charge is 0.491 e. The molecule has 1 aromatic carbocycles. The van der Waals surface area contributed by atoms with Crippen molar-refractivity contribution in [1.29, 1.82) is 0 Å². The van der Waals surface area contributed by atoms with Gasteiger partial charge in [-0.15, -0.1) is 0 Å². The number of para-hydroxylation sites is 1. The molecule has 3 rings (SSSR count). The molecule has 2 aromatic rings. The number of aromatic amines is 1. The lowest BCUT2D eigenvalue weighted by Gasteiger charge is -2.10. The molecule has 3 heteroatoms. The van der Waals surface area contributed by atoms with Gasteiger partial charge in [-0.05, 0) is 37.8 Å². The minimum absolute atomic E-state index is 0.179. The summed E-state index contributed by atoms with van der Waals surface area (Å²) in [6, 6.07) is 5.70. The monoisotopic (exact) mass is 243 g/mol. The van der Waals surface area contributed by atoms with E-state index >= 15 is 0 Å². The molecule has 0 amide bonds. The number of ether oxygens (including phenoxy) is 1. The van der Waals surface area contributed by atoms with Gasteiger partial charge in [0.15, 0.2) is 5.43 Å². The summed E-state index contributed by atoms with van der Waals surface area (Å²) >= 11 is 0. The van der Waals surface area contributed by atoms with Crippen LogP contribution in [0.25, 0.3) is 10.9 Å². The zero-order valence-electron chi connectivity index (χ0n) is 10.6. The molecule has 94 valence electrons. The third-order valence-electron chi connectivity index (χ3n) is 3.50. The summed E-state index contributed by atoms with van der Waals surface area (Å²) in [5.41, 5.74) is 3.10. The van der Waals surface area contributed by atoms with Crippen molar-refractivity contribution in [2.75, 3.05) is 6.61 Å². The highest BCUT2D eigenvalue weighted by molar-refractivity contribution is 5.85. The van der Waals surface area contributed by atoms with Crippen molar-refractivity contribution in [3.8, 4) is 5.75 Å². The Morgan fingerprint density at radius 2 is 2.22 bits per heavy atom. The molecule has 0 bridgehead atoms. The van der Waals surface area contributed by atoms with Gasteiger partial charge < -0.3 is 9.72 Å². The average molecular weight is 243 g/mol. The quantitative estimate of drug-likeness (QED) is 0.900. The first-order valence-corrected chi connectivity index (χ1v) is 6.61. The molecule has 0 aliphatic heterocycles. The summed E-state index contributed by atoms with van der Waals surface area (Å²) in [7, 11) is 0. The maximum Gasteiger partial charge on any atom is 0.192 e. The molecule has 1 aliphatic carbocycles. The minimum Gasteiger partial charge on any atom is -0.491 e. The van der Waals surface area contributed by atoms with E-state index < -0.39 is 0 Å². The number of pyridine rings is 1. The first-order valence-electron chi connectivity index (χ1n) is 6.61. The van der Waals surface area contributed by atoms with Crippen LogP contribution in [-0.2, 0) is 12.8 Å². The van der Waals surface area contributed by atoms with Gasteiger partial charge in [0.1, 0.15) is 5.75 Å². The Kier molecular flexibility index (Phi) is 2.82. The van der Waals surface area contributed by atoms with Crippen molar-refractivity contribution in [2.24, 2.45) is 0 Å². The first-order chi connectivity index (χ1) is 8.81. The number of aromatic nitrogens is 1. The van der Waals surface area contributed by atoms with E-state index in [1.165, 1.54) is 0 Å². The lowest BCUT2D eigenvalue weighted by molar-refractivity contribution is 0.320. The topological polar surface area (TPSA) is 42.1 Å². The number of nitrogens with one attached hydrogen (secondary N) is 1. The van der Waals surface area contributed by atoms with Crippen molar-refractivity contribution in [2.45, 2.75) is 32.6 Å². The van der Waals surface area contributed by atoms with E-state index in [1.807, 2.05) is 18.2 Å². The summed E-state index contributed by atoms with van der Waals surface area (Å²) in [4.78, 5) is 15.8. The molecule has 0 saturated heterocycles. The van der Waals surface area contributed by atoms with Crippen LogP contribution in [0.3, 0.4) is 0 Å². The highest BCUT2D eigenvalue weighted by Crippen LogP contribution is 2.26. The van der Waals surface area contributed by atoms with Gasteiger partial charge in [0.2, 0.25) is 0 Å². The Morgan fingerprint density at radius 3 is 3.06 bits per heavy atom. The fraction of sp³-hybridized carbons (Fsp3) is 0.400. The minimum atomic E-state index is 0.179. The SMILES string of the molecule is CCCOc1cccc2c(=O)c3c([nH]c12)CCC3. The van der Waals surface area contributed by atoms with Crippen LogP contribution in [0.1, 0.15) is 31.0 Å². The predicted octanol–water partition coefficient (Wildman–Crippen LogP) is 2.81. The molecular weight excluding hydrogens is 226 g/mol. The summed E-state index contributed by atoms with van der Waals surface area (Å²) in [5, 5.41) is 0.754. The molecule has 0 fully saturated rings. The van der Waals surface area contributed by atoms with E-state index in [-0.39, 0.29) is 5.43 Å². The number of fused-ring (bicyclic) bond motifs is 2. The van der Waals surface area contributed by atoms with Gasteiger partial charge in [0.05, 0.1) is 12.1 Å². The van der Waals surface area contributed by atoms with Gasteiger partial charge in [-0.2, -0.15) is 0 Å². The maximum absolute atomic E-state index is 12.4. The van der Waals surface area contributed by atoms with E-state index in [9.17, 15) is 4.79 Å². The smallest absolute Gasteiger partial charge is 0.192 e. The van der Waals surface area contributed by atoms with Crippen LogP contribution in [0, 0.1) is 0 Å². The molecule has 0 radical (unpaired) electrons. The molecule has 1 aliphatic rings. The molecule has 1 N–H and O–H groups in total. The molecular formula is C15H17NO2. The van der Waals surface area contributed by atoms with Crippen molar-refractivity contribution in [3.05, 3.63) is 39.7 Å². The number of benzene rings is 1. The van der Waals surface area contributed by atoms with Gasteiger partial charge in [-0.1, -0.05) is 13.0 Å². The normalized spacial score (nSPS) is 13.8. The molecule has 0 saturated carbocycles. The molecule has 0 spiro atoms. The summed E-state index contributed by atoms with van der Waals surface area (Å²) in [5.74, 6) is 0.793.